The molecular weight excluding hydrogens is 438 g/mol. The number of hydrogen-bond donors (Lipinski definition) is 0. The van der Waals surface area contributed by atoms with Crippen LogP contribution in [0.1, 0.15) is 44.9 Å². The summed E-state index contributed by atoms with van der Waals surface area (Å²) in [5.41, 5.74) is 3.39. The number of nitrogens with zero attached hydrogens (tertiary/aromatic N) is 3. The number of fused-ring (bicyclic) bond motifs is 1. The zero-order valence-corrected chi connectivity index (χ0v) is 19.4. The molecule has 1 unspecified atom stereocenters. The predicted octanol–water partition coefficient (Wildman–Crippen LogP) is 4.60. The summed E-state index contributed by atoms with van der Waals surface area (Å²) in [5, 5.41) is 13.2. The van der Waals surface area contributed by atoms with Crippen molar-refractivity contribution in [3.8, 4) is 0 Å². The van der Waals surface area contributed by atoms with Crippen molar-refractivity contribution >= 4 is 28.8 Å². The van der Waals surface area contributed by atoms with E-state index in [9.17, 15) is 19.7 Å². The first-order valence-electron chi connectivity index (χ1n) is 10.9. The normalized spacial score (nSPS) is 15.1. The maximum atomic E-state index is 13.5. The van der Waals surface area contributed by atoms with Crippen LogP contribution >= 0.6 is 11.3 Å². The Kier molecular flexibility index (Phi) is 6.55. The molecule has 2 amide bonds. The van der Waals surface area contributed by atoms with Crippen LogP contribution < -0.4 is 0 Å². The lowest BCUT2D eigenvalue weighted by Crippen LogP contribution is -2.46. The molecule has 0 saturated heterocycles. The Hall–Kier alpha value is -3.52. The van der Waals surface area contributed by atoms with Gasteiger partial charge in [0, 0.05) is 35.7 Å². The maximum absolute atomic E-state index is 13.5. The second-order valence-corrected chi connectivity index (χ2v) is 9.02. The Morgan fingerprint density at radius 3 is 2.67 bits per heavy atom. The fourth-order valence-corrected chi connectivity index (χ4v) is 5.23. The molecule has 2 aromatic carbocycles. The number of nitro groups is 1. The van der Waals surface area contributed by atoms with E-state index < -0.39 is 10.8 Å². The summed E-state index contributed by atoms with van der Waals surface area (Å²) in [4.78, 5) is 41.8. The Balaban J connectivity index is 1.61. The third-order valence-electron chi connectivity index (χ3n) is 6.07. The average molecular weight is 464 g/mol. The van der Waals surface area contributed by atoms with E-state index in [0.717, 1.165) is 23.1 Å². The molecule has 0 radical (unpaired) electrons. The highest BCUT2D eigenvalue weighted by Crippen LogP contribution is 2.39. The second-order valence-electron chi connectivity index (χ2n) is 8.02. The topological polar surface area (TPSA) is 83.8 Å². The Morgan fingerprint density at radius 2 is 1.94 bits per heavy atom. The lowest BCUT2D eigenvalue weighted by molar-refractivity contribution is -0.384. The van der Waals surface area contributed by atoms with Crippen LogP contribution in [-0.4, -0.2) is 46.2 Å². The van der Waals surface area contributed by atoms with E-state index in [2.05, 4.69) is 17.5 Å². The van der Waals surface area contributed by atoms with Crippen molar-refractivity contribution in [3.05, 3.63) is 97.2 Å². The molecule has 7 nitrogen and oxygen atoms in total. The molecular formula is C25H25N3O4S. The van der Waals surface area contributed by atoms with Crippen molar-refractivity contribution in [1.82, 2.24) is 9.80 Å². The minimum absolute atomic E-state index is 0.0835. The molecule has 8 heteroatoms. The Morgan fingerprint density at radius 1 is 1.15 bits per heavy atom. The van der Waals surface area contributed by atoms with E-state index in [-0.39, 0.29) is 29.7 Å². The van der Waals surface area contributed by atoms with Gasteiger partial charge in [-0.15, -0.1) is 11.3 Å². The minimum atomic E-state index is -0.531. The lowest BCUT2D eigenvalue weighted by Gasteiger charge is -2.38. The van der Waals surface area contributed by atoms with Gasteiger partial charge in [0.15, 0.2) is 0 Å². The summed E-state index contributed by atoms with van der Waals surface area (Å²) in [7, 11) is 0. The van der Waals surface area contributed by atoms with Gasteiger partial charge >= 0.3 is 0 Å². The number of benzene rings is 2. The molecule has 4 rings (SSSR count). The number of rotatable bonds is 6. The molecule has 1 aliphatic rings. The zero-order valence-electron chi connectivity index (χ0n) is 18.6. The molecule has 1 atom stereocenters. The van der Waals surface area contributed by atoms with Gasteiger partial charge in [-0.25, -0.2) is 0 Å². The van der Waals surface area contributed by atoms with Crippen LogP contribution in [-0.2, 0) is 11.2 Å². The van der Waals surface area contributed by atoms with Gasteiger partial charge in [-0.3, -0.25) is 19.7 Å². The number of likely N-dealkylation sites (N-methyl/N-ethyl adjacent to an activating group) is 1. The molecule has 0 fully saturated rings. The molecule has 0 spiro atoms. The summed E-state index contributed by atoms with van der Waals surface area (Å²) in [6.45, 7) is 4.66. The van der Waals surface area contributed by atoms with Crippen molar-refractivity contribution in [2.24, 2.45) is 0 Å². The molecule has 0 aliphatic carbocycles. The Labute approximate surface area is 196 Å². The molecule has 1 aromatic heterocycles. The Bertz CT molecular complexity index is 1210. The van der Waals surface area contributed by atoms with Crippen molar-refractivity contribution in [2.45, 2.75) is 26.3 Å². The van der Waals surface area contributed by atoms with Gasteiger partial charge in [-0.2, -0.15) is 0 Å². The van der Waals surface area contributed by atoms with Crippen LogP contribution in [0.25, 0.3) is 0 Å². The lowest BCUT2D eigenvalue weighted by atomic mass is 9.90. The predicted molar refractivity (Wildman–Crippen MR) is 127 cm³/mol. The number of thiophene rings is 1. The van der Waals surface area contributed by atoms with E-state index in [4.69, 9.17) is 0 Å². The van der Waals surface area contributed by atoms with Crippen LogP contribution in [0, 0.1) is 17.0 Å². The first kappa shape index (κ1) is 22.7. The first-order valence-corrected chi connectivity index (χ1v) is 11.7. The largest absolute Gasteiger partial charge is 0.330 e. The average Bonchev–Trinajstić information content (AvgIpc) is 3.31. The van der Waals surface area contributed by atoms with Gasteiger partial charge in [0.05, 0.1) is 11.0 Å². The standard InChI is InChI=1S/C25H25N3O4S/c1-3-26(25(30)18-8-6-9-19(15-18)28(31)32)16-23(29)27-13-11-22-21(12-14-33-22)24(27)20-10-5-4-7-17(20)2/h4-10,12,14-15,24H,3,11,13,16H2,1-2H3. The number of aryl methyl sites for hydroxylation is 1. The summed E-state index contributed by atoms with van der Waals surface area (Å²) < 4.78 is 0. The van der Waals surface area contributed by atoms with E-state index in [1.54, 1.807) is 18.3 Å². The molecule has 3 aromatic rings. The number of carbonyl (C=O) groups excluding carboxylic acids is 2. The zero-order chi connectivity index (χ0) is 23.5. The van der Waals surface area contributed by atoms with E-state index in [1.807, 2.05) is 30.0 Å². The second kappa shape index (κ2) is 9.54. The van der Waals surface area contributed by atoms with E-state index in [1.165, 1.54) is 34.0 Å². The summed E-state index contributed by atoms with van der Waals surface area (Å²) >= 11 is 1.71. The van der Waals surface area contributed by atoms with Crippen LogP contribution in [0.4, 0.5) is 5.69 Å². The third-order valence-corrected chi connectivity index (χ3v) is 7.06. The van der Waals surface area contributed by atoms with Gasteiger partial charge in [-0.1, -0.05) is 30.3 Å². The van der Waals surface area contributed by atoms with Crippen LogP contribution in [0.3, 0.4) is 0 Å². The smallest absolute Gasteiger partial charge is 0.270 e. The highest BCUT2D eigenvalue weighted by atomic mass is 32.1. The summed E-state index contributed by atoms with van der Waals surface area (Å²) in [6, 6.07) is 15.6. The molecule has 0 bridgehead atoms. The van der Waals surface area contributed by atoms with E-state index in [0.29, 0.717) is 13.1 Å². The van der Waals surface area contributed by atoms with Gasteiger partial charge < -0.3 is 9.80 Å². The van der Waals surface area contributed by atoms with Crippen molar-refractivity contribution in [1.29, 1.82) is 0 Å². The van der Waals surface area contributed by atoms with Crippen LogP contribution in [0.2, 0.25) is 0 Å². The number of hydrogen-bond acceptors (Lipinski definition) is 5. The summed E-state index contributed by atoms with van der Waals surface area (Å²) in [5.74, 6) is -0.532. The van der Waals surface area contributed by atoms with Gasteiger partial charge in [0.2, 0.25) is 5.91 Å². The molecule has 2 heterocycles. The highest BCUT2D eigenvalue weighted by Gasteiger charge is 2.34. The maximum Gasteiger partial charge on any atom is 0.270 e. The van der Waals surface area contributed by atoms with E-state index >= 15 is 0 Å². The highest BCUT2D eigenvalue weighted by molar-refractivity contribution is 7.10. The van der Waals surface area contributed by atoms with Crippen molar-refractivity contribution in [2.75, 3.05) is 19.6 Å². The van der Waals surface area contributed by atoms with Crippen LogP contribution in [0.15, 0.2) is 60.0 Å². The molecule has 0 saturated carbocycles. The number of carbonyl (C=O) groups is 2. The van der Waals surface area contributed by atoms with Gasteiger partial charge in [-0.05, 0) is 54.5 Å². The molecule has 1 aliphatic heterocycles. The van der Waals surface area contributed by atoms with Crippen molar-refractivity contribution in [3.63, 3.8) is 0 Å². The third kappa shape index (κ3) is 4.52. The summed E-state index contributed by atoms with van der Waals surface area (Å²) in [6.07, 6.45) is 0.784. The molecule has 170 valence electrons. The molecule has 33 heavy (non-hydrogen) atoms. The monoisotopic (exact) mass is 463 g/mol. The number of amides is 2. The van der Waals surface area contributed by atoms with Crippen LogP contribution in [0.5, 0.6) is 0 Å². The first-order chi connectivity index (χ1) is 15.9. The SMILES string of the molecule is CCN(CC(=O)N1CCc2sccc2C1c1ccccc1C)C(=O)c1cccc([N+](=O)[O-])c1. The fourth-order valence-electron chi connectivity index (χ4n) is 4.33. The molecule has 0 N–H and O–H groups in total. The quantitative estimate of drug-likeness (QED) is 0.395. The van der Waals surface area contributed by atoms with Crippen molar-refractivity contribution < 1.29 is 14.5 Å². The van der Waals surface area contributed by atoms with Gasteiger partial charge in [0.25, 0.3) is 11.6 Å². The number of nitro benzene ring substituents is 1. The fraction of sp³-hybridized carbons (Fsp3) is 0.280. The minimum Gasteiger partial charge on any atom is -0.330 e. The number of non-ortho nitro benzene ring substituents is 1. The van der Waals surface area contributed by atoms with Gasteiger partial charge in [0.1, 0.15) is 6.54 Å².